The van der Waals surface area contributed by atoms with E-state index >= 15 is 0 Å². The molecule has 4 fully saturated rings. The van der Waals surface area contributed by atoms with Crippen molar-refractivity contribution in [1.82, 2.24) is 5.32 Å². The number of amides is 1. The summed E-state index contributed by atoms with van der Waals surface area (Å²) >= 11 is 0. The van der Waals surface area contributed by atoms with Crippen molar-refractivity contribution < 1.29 is 9.53 Å². The summed E-state index contributed by atoms with van der Waals surface area (Å²) < 4.78 is 5.02. The predicted molar refractivity (Wildman–Crippen MR) is 70.1 cm³/mol. The first-order chi connectivity index (χ1) is 8.72. The third kappa shape index (κ3) is 2.18. The van der Waals surface area contributed by atoms with Crippen LogP contribution < -0.4 is 5.32 Å². The third-order valence-electron chi connectivity index (χ3n) is 5.46. The van der Waals surface area contributed by atoms with Gasteiger partial charge in [-0.1, -0.05) is 0 Å². The molecule has 0 unspecified atom stereocenters. The number of carbonyl (C=O) groups is 1. The van der Waals surface area contributed by atoms with Crippen LogP contribution in [0.15, 0.2) is 0 Å². The third-order valence-corrected chi connectivity index (χ3v) is 5.46. The van der Waals surface area contributed by atoms with Gasteiger partial charge in [-0.3, -0.25) is 4.79 Å². The van der Waals surface area contributed by atoms with E-state index in [1.54, 1.807) is 7.11 Å². The summed E-state index contributed by atoms with van der Waals surface area (Å²) in [5.41, 5.74) is -0.0213. The number of hydrogen-bond acceptors (Lipinski definition) is 2. The average molecular weight is 251 g/mol. The quantitative estimate of drug-likeness (QED) is 0.779. The van der Waals surface area contributed by atoms with Crippen molar-refractivity contribution in [3.8, 4) is 0 Å². The summed E-state index contributed by atoms with van der Waals surface area (Å²) in [5, 5.41) is 3.10. The molecule has 3 nitrogen and oxygen atoms in total. The van der Waals surface area contributed by atoms with E-state index < -0.39 is 0 Å². The van der Waals surface area contributed by atoms with Crippen molar-refractivity contribution in [2.24, 2.45) is 23.2 Å². The molecule has 102 valence electrons. The maximum absolute atomic E-state index is 12.6. The van der Waals surface area contributed by atoms with Gasteiger partial charge in [0.2, 0.25) is 5.91 Å². The summed E-state index contributed by atoms with van der Waals surface area (Å²) in [6, 6.07) is 0. The maximum atomic E-state index is 12.6. The van der Waals surface area contributed by atoms with Crippen LogP contribution in [0.25, 0.3) is 0 Å². The molecule has 4 bridgehead atoms. The second-order valence-electron chi connectivity index (χ2n) is 6.78. The zero-order chi connectivity index (χ0) is 12.6. The fourth-order valence-electron chi connectivity index (χ4n) is 4.90. The number of hydrogen-bond donors (Lipinski definition) is 1. The monoisotopic (exact) mass is 251 g/mol. The van der Waals surface area contributed by atoms with Gasteiger partial charge >= 0.3 is 0 Å². The number of carbonyl (C=O) groups excluding carboxylic acids is 1. The molecule has 3 heteroatoms. The predicted octanol–water partition coefficient (Wildman–Crippen LogP) is 2.36. The lowest BCUT2D eigenvalue weighted by atomic mass is 9.61. The van der Waals surface area contributed by atoms with Crippen molar-refractivity contribution in [1.29, 1.82) is 0 Å². The highest BCUT2D eigenvalue weighted by molar-refractivity contribution is 5.82. The lowest BCUT2D eigenvalue weighted by Crippen LogP contribution is -2.46. The minimum Gasteiger partial charge on any atom is -0.383 e. The average Bonchev–Trinajstić information content (AvgIpc) is 2.55. The Labute approximate surface area is 110 Å². The zero-order valence-electron chi connectivity index (χ0n) is 11.4. The van der Waals surface area contributed by atoms with Gasteiger partial charge < -0.3 is 10.1 Å². The molecule has 4 aliphatic carbocycles. The van der Waals surface area contributed by atoms with E-state index in [2.05, 4.69) is 5.32 Å². The maximum Gasteiger partial charge on any atom is 0.226 e. The van der Waals surface area contributed by atoms with E-state index in [9.17, 15) is 4.79 Å². The summed E-state index contributed by atoms with van der Waals surface area (Å²) in [4.78, 5) is 12.6. The molecule has 4 rings (SSSR count). The van der Waals surface area contributed by atoms with Gasteiger partial charge in [0, 0.05) is 19.1 Å². The zero-order valence-corrected chi connectivity index (χ0v) is 11.4. The van der Waals surface area contributed by atoms with Crippen LogP contribution in [0, 0.1) is 23.2 Å². The molecule has 0 heterocycles. The Hall–Kier alpha value is -0.570. The summed E-state index contributed by atoms with van der Waals surface area (Å²) in [5.74, 6) is 2.90. The van der Waals surface area contributed by atoms with Crippen LogP contribution in [0.1, 0.15) is 44.9 Å². The second kappa shape index (κ2) is 4.84. The normalized spacial score (nSPS) is 41.7. The molecule has 0 spiro atoms. The Bertz CT molecular complexity index is 314. The van der Waals surface area contributed by atoms with Gasteiger partial charge in [-0.2, -0.15) is 0 Å². The molecule has 18 heavy (non-hydrogen) atoms. The molecule has 2 atom stereocenters. The summed E-state index contributed by atoms with van der Waals surface area (Å²) in [6.45, 7) is 1.28. The molecule has 4 saturated carbocycles. The minimum atomic E-state index is -0.0213. The van der Waals surface area contributed by atoms with Crippen molar-refractivity contribution in [3.63, 3.8) is 0 Å². The lowest BCUT2D eigenvalue weighted by molar-refractivity contribution is -0.135. The SMILES string of the molecule is COCCNC(=O)C12CCC3C[C@H](C[C@@H](C3)C1)C2. The van der Waals surface area contributed by atoms with Gasteiger partial charge in [-0.25, -0.2) is 0 Å². The molecule has 4 aliphatic rings. The lowest BCUT2D eigenvalue weighted by Gasteiger charge is -2.44. The Morgan fingerprint density at radius 3 is 2.56 bits per heavy atom. The number of nitrogens with one attached hydrogen (secondary N) is 1. The number of methoxy groups -OCH3 is 1. The molecule has 0 aromatic carbocycles. The number of fused-ring (bicyclic) bond motifs is 1. The van der Waals surface area contributed by atoms with Crippen LogP contribution in [0.5, 0.6) is 0 Å². The summed E-state index contributed by atoms with van der Waals surface area (Å²) in [6.07, 6.45) is 8.89. The first-order valence-corrected chi connectivity index (χ1v) is 7.49. The first kappa shape index (κ1) is 12.5. The van der Waals surface area contributed by atoms with E-state index in [0.717, 1.165) is 37.0 Å². The molecule has 1 amide bonds. The van der Waals surface area contributed by atoms with E-state index in [0.29, 0.717) is 19.1 Å². The minimum absolute atomic E-state index is 0.0213. The fourth-order valence-corrected chi connectivity index (χ4v) is 4.90. The van der Waals surface area contributed by atoms with Crippen molar-refractivity contribution in [2.75, 3.05) is 20.3 Å². The van der Waals surface area contributed by atoms with E-state index in [-0.39, 0.29) is 5.41 Å². The topological polar surface area (TPSA) is 38.3 Å². The second-order valence-corrected chi connectivity index (χ2v) is 6.78. The number of rotatable bonds is 4. The van der Waals surface area contributed by atoms with Crippen LogP contribution in [-0.4, -0.2) is 26.2 Å². The Balaban J connectivity index is 1.71. The number of ether oxygens (including phenoxy) is 1. The van der Waals surface area contributed by atoms with Crippen LogP contribution in [0.3, 0.4) is 0 Å². The molecule has 0 aliphatic heterocycles. The smallest absolute Gasteiger partial charge is 0.226 e. The molecule has 1 N–H and O–H groups in total. The van der Waals surface area contributed by atoms with Crippen molar-refractivity contribution in [3.05, 3.63) is 0 Å². The highest BCUT2D eigenvalue weighted by Crippen LogP contribution is 2.57. The van der Waals surface area contributed by atoms with Gasteiger partial charge in [-0.15, -0.1) is 0 Å². The van der Waals surface area contributed by atoms with Gasteiger partial charge in [-0.05, 0) is 62.7 Å². The molecular weight excluding hydrogens is 226 g/mol. The summed E-state index contributed by atoms with van der Waals surface area (Å²) in [7, 11) is 1.68. The Morgan fingerprint density at radius 1 is 1.22 bits per heavy atom. The highest BCUT2D eigenvalue weighted by atomic mass is 16.5. The van der Waals surface area contributed by atoms with Crippen molar-refractivity contribution in [2.45, 2.75) is 44.9 Å². The Morgan fingerprint density at radius 2 is 1.89 bits per heavy atom. The van der Waals surface area contributed by atoms with Gasteiger partial charge in [0.05, 0.1) is 6.61 Å². The highest BCUT2D eigenvalue weighted by Gasteiger charge is 2.51. The molecular formula is C15H25NO2. The molecule has 0 radical (unpaired) electrons. The molecule has 0 aromatic heterocycles. The van der Waals surface area contributed by atoms with Gasteiger partial charge in [0.25, 0.3) is 0 Å². The van der Waals surface area contributed by atoms with Crippen LogP contribution in [0.2, 0.25) is 0 Å². The largest absolute Gasteiger partial charge is 0.383 e. The molecule has 0 aromatic rings. The van der Waals surface area contributed by atoms with E-state index in [4.69, 9.17) is 4.74 Å². The van der Waals surface area contributed by atoms with Crippen LogP contribution in [0.4, 0.5) is 0 Å². The van der Waals surface area contributed by atoms with Crippen LogP contribution >= 0.6 is 0 Å². The van der Waals surface area contributed by atoms with E-state index in [1.807, 2.05) is 0 Å². The fraction of sp³-hybridized carbons (Fsp3) is 0.933. The van der Waals surface area contributed by atoms with Crippen molar-refractivity contribution >= 4 is 5.91 Å². The standard InChI is InChI=1S/C15H25NO2/c1-18-5-4-16-14(17)15-3-2-11-6-12(9-15)8-13(7-11)10-15/h11-13H,2-10H2,1H3,(H,16,17)/t11?,12-,13-,15?/m1/s1. The molecule has 0 saturated heterocycles. The van der Waals surface area contributed by atoms with E-state index in [1.165, 1.54) is 25.7 Å². The first-order valence-electron chi connectivity index (χ1n) is 7.49. The van der Waals surface area contributed by atoms with Crippen LogP contribution in [-0.2, 0) is 9.53 Å². The Kier molecular flexibility index (Phi) is 3.35. The van der Waals surface area contributed by atoms with Gasteiger partial charge in [0.15, 0.2) is 0 Å². The van der Waals surface area contributed by atoms with Gasteiger partial charge in [0.1, 0.15) is 0 Å².